The first-order valence-electron chi connectivity index (χ1n) is 7.31. The number of rotatable bonds is 3. The van der Waals surface area contributed by atoms with Crippen LogP contribution in [0.2, 0.25) is 0 Å². The molecule has 106 valence electrons. The molecular weight excluding hydrogens is 265 g/mol. The van der Waals surface area contributed by atoms with E-state index in [-0.39, 0.29) is 12.4 Å². The minimum Gasteiger partial charge on any atom is -0.307 e. The number of halogens is 2. The van der Waals surface area contributed by atoms with E-state index in [1.54, 1.807) is 0 Å². The Morgan fingerprint density at radius 2 is 1.72 bits per heavy atom. The van der Waals surface area contributed by atoms with Gasteiger partial charge in [0.1, 0.15) is 0 Å². The summed E-state index contributed by atoms with van der Waals surface area (Å²) >= 11 is 6.86. The van der Waals surface area contributed by atoms with E-state index in [0.29, 0.717) is 16.8 Å². The third-order valence-corrected chi connectivity index (χ3v) is 6.73. The average molecular weight is 292 g/mol. The molecule has 4 rings (SSSR count). The molecule has 3 heteroatoms. The summed E-state index contributed by atoms with van der Waals surface area (Å²) in [6.45, 7) is 2.36. The Labute approximate surface area is 123 Å². The molecule has 0 heterocycles. The van der Waals surface area contributed by atoms with Crippen LogP contribution in [-0.2, 0) is 0 Å². The van der Waals surface area contributed by atoms with Gasteiger partial charge in [0.05, 0.1) is 0 Å². The first-order chi connectivity index (χ1) is 8.00. The fraction of sp³-hybridized carbons (Fsp3) is 1.00. The lowest BCUT2D eigenvalue weighted by molar-refractivity contribution is -0.0611. The maximum Gasteiger partial charge on any atom is 0.0421 e. The van der Waals surface area contributed by atoms with Gasteiger partial charge in [-0.3, -0.25) is 0 Å². The maximum absolute atomic E-state index is 6.86. The van der Waals surface area contributed by atoms with E-state index < -0.39 is 0 Å². The fourth-order valence-corrected chi connectivity index (χ4v) is 5.67. The molecule has 4 unspecified atom stereocenters. The van der Waals surface area contributed by atoms with Crippen LogP contribution < -0.4 is 0 Å². The van der Waals surface area contributed by atoms with Crippen LogP contribution in [0.5, 0.6) is 0 Å². The molecule has 4 aliphatic carbocycles. The Balaban J connectivity index is 0.00000120. The van der Waals surface area contributed by atoms with Crippen LogP contribution in [0.25, 0.3) is 0 Å². The standard InChI is InChI=1S/C15H26ClN.ClH/c1-10(17(2)3)7-15-8-11-4-12(9-15)6-13(5-11)14(15)16;/h10-14H,4-9H2,1-3H3;1H. The van der Waals surface area contributed by atoms with Gasteiger partial charge in [0, 0.05) is 11.4 Å². The number of hydrogen-bond acceptors (Lipinski definition) is 1. The molecule has 18 heavy (non-hydrogen) atoms. The van der Waals surface area contributed by atoms with E-state index in [1.165, 1.54) is 38.5 Å². The Morgan fingerprint density at radius 3 is 2.22 bits per heavy atom. The topological polar surface area (TPSA) is 3.24 Å². The summed E-state index contributed by atoms with van der Waals surface area (Å²) in [5.41, 5.74) is 0.486. The van der Waals surface area contributed by atoms with Crippen molar-refractivity contribution in [2.24, 2.45) is 23.2 Å². The number of nitrogens with zero attached hydrogens (tertiary/aromatic N) is 1. The SMILES string of the molecule is CC(CC12CC3CC(CC(C3)C1Cl)C2)N(C)C.Cl. The molecule has 0 radical (unpaired) electrons. The van der Waals surface area contributed by atoms with E-state index in [2.05, 4.69) is 25.9 Å². The highest BCUT2D eigenvalue weighted by Crippen LogP contribution is 2.63. The molecule has 0 aliphatic heterocycles. The van der Waals surface area contributed by atoms with Crippen LogP contribution in [0.4, 0.5) is 0 Å². The summed E-state index contributed by atoms with van der Waals surface area (Å²) in [4.78, 5) is 2.36. The number of alkyl halides is 1. The van der Waals surface area contributed by atoms with Gasteiger partial charge in [-0.25, -0.2) is 0 Å². The predicted octanol–water partition coefficient (Wildman–Crippen LogP) is 4.18. The molecule has 4 atom stereocenters. The molecule has 0 aromatic rings. The molecule has 0 amide bonds. The van der Waals surface area contributed by atoms with E-state index in [9.17, 15) is 0 Å². The summed E-state index contributed by atoms with van der Waals surface area (Å²) in [7, 11) is 4.41. The van der Waals surface area contributed by atoms with Crippen molar-refractivity contribution in [1.29, 1.82) is 0 Å². The molecule has 0 aromatic carbocycles. The van der Waals surface area contributed by atoms with Gasteiger partial charge in [-0.15, -0.1) is 24.0 Å². The van der Waals surface area contributed by atoms with Gasteiger partial charge in [-0.05, 0) is 82.7 Å². The molecule has 4 bridgehead atoms. The molecular formula is C15H27Cl2N. The van der Waals surface area contributed by atoms with Gasteiger partial charge >= 0.3 is 0 Å². The lowest BCUT2D eigenvalue weighted by Crippen LogP contribution is -2.55. The van der Waals surface area contributed by atoms with Crippen LogP contribution in [0.15, 0.2) is 0 Å². The monoisotopic (exact) mass is 291 g/mol. The van der Waals surface area contributed by atoms with Crippen LogP contribution in [0, 0.1) is 23.2 Å². The van der Waals surface area contributed by atoms with Crippen molar-refractivity contribution in [2.75, 3.05) is 14.1 Å². The van der Waals surface area contributed by atoms with Crippen LogP contribution in [-0.4, -0.2) is 30.4 Å². The Kier molecular flexibility index (Phi) is 4.27. The zero-order valence-electron chi connectivity index (χ0n) is 11.9. The van der Waals surface area contributed by atoms with Crippen molar-refractivity contribution in [2.45, 2.75) is 56.9 Å². The third kappa shape index (κ3) is 2.31. The van der Waals surface area contributed by atoms with Crippen LogP contribution >= 0.6 is 24.0 Å². The summed E-state index contributed by atoms with van der Waals surface area (Å²) in [6.07, 6.45) is 8.54. The second kappa shape index (κ2) is 5.14. The Bertz CT molecular complexity index is 291. The molecule has 0 N–H and O–H groups in total. The Hall–Kier alpha value is 0.540. The van der Waals surface area contributed by atoms with Gasteiger partial charge in [-0.2, -0.15) is 0 Å². The van der Waals surface area contributed by atoms with Gasteiger partial charge in [0.15, 0.2) is 0 Å². The van der Waals surface area contributed by atoms with Crippen molar-refractivity contribution < 1.29 is 0 Å². The first kappa shape index (κ1) is 14.9. The van der Waals surface area contributed by atoms with Crippen molar-refractivity contribution in [3.8, 4) is 0 Å². The minimum absolute atomic E-state index is 0. The molecule has 4 saturated carbocycles. The van der Waals surface area contributed by atoms with Crippen molar-refractivity contribution in [1.82, 2.24) is 4.90 Å². The highest BCUT2D eigenvalue weighted by atomic mass is 35.5. The largest absolute Gasteiger partial charge is 0.307 e. The molecule has 0 aromatic heterocycles. The fourth-order valence-electron chi connectivity index (χ4n) is 5.20. The zero-order chi connectivity index (χ0) is 12.2. The van der Waals surface area contributed by atoms with Gasteiger partial charge in [-0.1, -0.05) is 0 Å². The van der Waals surface area contributed by atoms with E-state index in [1.807, 2.05) is 0 Å². The molecule has 0 saturated heterocycles. The summed E-state index contributed by atoms with van der Waals surface area (Å²) in [6, 6.07) is 0.674. The van der Waals surface area contributed by atoms with Gasteiger partial charge < -0.3 is 4.90 Å². The summed E-state index contributed by atoms with van der Waals surface area (Å²) < 4.78 is 0. The van der Waals surface area contributed by atoms with Crippen LogP contribution in [0.3, 0.4) is 0 Å². The summed E-state index contributed by atoms with van der Waals surface area (Å²) in [5, 5.41) is 0.470. The van der Waals surface area contributed by atoms with E-state index >= 15 is 0 Å². The minimum atomic E-state index is 0. The van der Waals surface area contributed by atoms with Crippen LogP contribution in [0.1, 0.15) is 45.4 Å². The van der Waals surface area contributed by atoms with Gasteiger partial charge in [0.25, 0.3) is 0 Å². The first-order valence-corrected chi connectivity index (χ1v) is 7.74. The highest BCUT2D eigenvalue weighted by Gasteiger charge is 2.56. The summed E-state index contributed by atoms with van der Waals surface area (Å²) in [5.74, 6) is 2.87. The lowest BCUT2D eigenvalue weighted by Gasteiger charge is -2.60. The normalized spacial score (nSPS) is 47.2. The molecule has 0 spiro atoms. The lowest BCUT2D eigenvalue weighted by atomic mass is 9.48. The zero-order valence-corrected chi connectivity index (χ0v) is 13.4. The second-order valence-electron chi connectivity index (χ2n) is 7.39. The average Bonchev–Trinajstić information content (AvgIpc) is 2.24. The molecule has 1 nitrogen and oxygen atoms in total. The van der Waals surface area contributed by atoms with Crippen molar-refractivity contribution in [3.63, 3.8) is 0 Å². The van der Waals surface area contributed by atoms with Gasteiger partial charge in [0.2, 0.25) is 0 Å². The quantitative estimate of drug-likeness (QED) is 0.705. The number of hydrogen-bond donors (Lipinski definition) is 0. The maximum atomic E-state index is 6.86. The predicted molar refractivity (Wildman–Crippen MR) is 80.6 cm³/mol. The van der Waals surface area contributed by atoms with Crippen molar-refractivity contribution >= 4 is 24.0 Å². The second-order valence-corrected chi connectivity index (χ2v) is 7.86. The highest BCUT2D eigenvalue weighted by molar-refractivity contribution is 6.21. The molecule has 4 fully saturated rings. The Morgan fingerprint density at radius 1 is 1.17 bits per heavy atom. The van der Waals surface area contributed by atoms with E-state index in [0.717, 1.165) is 17.8 Å². The molecule has 4 aliphatic rings. The smallest absolute Gasteiger partial charge is 0.0421 e. The van der Waals surface area contributed by atoms with E-state index in [4.69, 9.17) is 11.6 Å². The van der Waals surface area contributed by atoms with Crippen molar-refractivity contribution in [3.05, 3.63) is 0 Å². The third-order valence-electron chi connectivity index (χ3n) is 5.91.